The van der Waals surface area contributed by atoms with Gasteiger partial charge in [0.1, 0.15) is 19.8 Å². The van der Waals surface area contributed by atoms with Gasteiger partial charge in [0, 0.05) is 19.3 Å². The van der Waals surface area contributed by atoms with Gasteiger partial charge in [0.05, 0.1) is 12.0 Å². The van der Waals surface area contributed by atoms with Crippen LogP contribution in [0.1, 0.15) is 233 Å². The Balaban J connectivity index is 4.62. The second kappa shape index (κ2) is 38.1. The predicted octanol–water partition coefficient (Wildman–Crippen LogP) is 12.5. The van der Waals surface area contributed by atoms with Gasteiger partial charge in [0.25, 0.3) is 0 Å². The van der Waals surface area contributed by atoms with Gasteiger partial charge in [-0.25, -0.2) is 0 Å². The number of hydrogen-bond acceptors (Lipinski definition) is 7. The second-order valence-corrected chi connectivity index (χ2v) is 15.4. The van der Waals surface area contributed by atoms with Crippen LogP contribution in [-0.4, -0.2) is 49.4 Å². The summed E-state index contributed by atoms with van der Waals surface area (Å²) >= 11 is 0. The van der Waals surface area contributed by atoms with E-state index in [1.807, 2.05) is 0 Å². The van der Waals surface area contributed by atoms with E-state index in [1.54, 1.807) is 0 Å². The Morgan fingerprint density at radius 3 is 0.745 bits per heavy atom. The quantitative estimate of drug-likeness (QED) is 0.0381. The van der Waals surface area contributed by atoms with Crippen molar-refractivity contribution in [1.82, 2.24) is 0 Å². The van der Waals surface area contributed by atoms with Crippen LogP contribution in [0.25, 0.3) is 0 Å². The van der Waals surface area contributed by atoms with Gasteiger partial charge in [-0.05, 0) is 19.3 Å². The first kappa shape index (κ1) is 49.4. The Bertz CT molecular complexity index is 686. The summed E-state index contributed by atoms with van der Waals surface area (Å²) in [6.45, 7) is 5.82. The highest BCUT2D eigenvalue weighted by Crippen LogP contribution is 2.22. The number of ether oxygens (including phenoxy) is 3. The van der Waals surface area contributed by atoms with Crippen LogP contribution >= 0.6 is 0 Å². The molecule has 302 valence electrons. The lowest BCUT2D eigenvalue weighted by Crippen LogP contribution is -2.42. The smallest absolute Gasteiger partial charge is 0.305 e. The molecule has 0 rings (SSSR count). The maximum Gasteiger partial charge on any atom is 0.305 e. The molecule has 0 radical (unpaired) electrons. The molecule has 0 atom stereocenters. The number of carbonyl (C=O) groups is 3. The minimum absolute atomic E-state index is 0.156. The topological polar surface area (TPSA) is 99.1 Å². The summed E-state index contributed by atoms with van der Waals surface area (Å²) in [6.07, 6.45) is 36.5. The lowest BCUT2D eigenvalue weighted by Gasteiger charge is -2.30. The normalized spacial score (nSPS) is 11.5. The fourth-order valence-corrected chi connectivity index (χ4v) is 6.45. The Morgan fingerprint density at radius 1 is 0.353 bits per heavy atom. The summed E-state index contributed by atoms with van der Waals surface area (Å²) < 4.78 is 16.8. The third kappa shape index (κ3) is 33.9. The van der Waals surface area contributed by atoms with Gasteiger partial charge < -0.3 is 19.3 Å². The van der Waals surface area contributed by atoms with Gasteiger partial charge >= 0.3 is 17.9 Å². The molecule has 0 aromatic rings. The van der Waals surface area contributed by atoms with Crippen LogP contribution in [0.15, 0.2) is 0 Å². The van der Waals surface area contributed by atoms with E-state index in [2.05, 4.69) is 20.8 Å². The van der Waals surface area contributed by atoms with Crippen LogP contribution in [0.5, 0.6) is 0 Å². The van der Waals surface area contributed by atoms with E-state index in [1.165, 1.54) is 135 Å². The zero-order valence-corrected chi connectivity index (χ0v) is 34.1. The van der Waals surface area contributed by atoms with Crippen molar-refractivity contribution in [3.05, 3.63) is 0 Å². The molecule has 7 nitrogen and oxygen atoms in total. The molecule has 0 spiro atoms. The Labute approximate surface area is 315 Å². The van der Waals surface area contributed by atoms with E-state index >= 15 is 0 Å². The van der Waals surface area contributed by atoms with Gasteiger partial charge in [-0.2, -0.15) is 0 Å². The van der Waals surface area contributed by atoms with E-state index < -0.39 is 12.0 Å². The fraction of sp³-hybridized carbons (Fsp3) is 0.932. The summed E-state index contributed by atoms with van der Waals surface area (Å²) in [7, 11) is 0. The molecule has 0 aromatic heterocycles. The molecule has 1 N–H and O–H groups in total. The van der Waals surface area contributed by atoms with Crippen molar-refractivity contribution in [1.29, 1.82) is 0 Å². The lowest BCUT2D eigenvalue weighted by molar-refractivity contribution is -0.165. The van der Waals surface area contributed by atoms with Crippen molar-refractivity contribution in [2.45, 2.75) is 233 Å². The van der Waals surface area contributed by atoms with E-state index in [4.69, 9.17) is 14.2 Å². The predicted molar refractivity (Wildman–Crippen MR) is 212 cm³/mol. The minimum Gasteiger partial charge on any atom is -0.465 e. The van der Waals surface area contributed by atoms with Crippen LogP contribution < -0.4 is 0 Å². The number of carbonyl (C=O) groups excluding carboxylic acids is 3. The van der Waals surface area contributed by atoms with Crippen molar-refractivity contribution in [3.8, 4) is 0 Å². The highest BCUT2D eigenvalue weighted by Gasteiger charge is 2.35. The third-order valence-electron chi connectivity index (χ3n) is 10.2. The molecule has 0 saturated heterocycles. The number of rotatable bonds is 40. The molecule has 0 aliphatic carbocycles. The van der Waals surface area contributed by atoms with E-state index in [0.29, 0.717) is 19.3 Å². The fourth-order valence-electron chi connectivity index (χ4n) is 6.45. The molecule has 0 unspecified atom stereocenters. The van der Waals surface area contributed by atoms with Gasteiger partial charge in [-0.15, -0.1) is 0 Å². The maximum absolute atomic E-state index is 12.6. The zero-order valence-electron chi connectivity index (χ0n) is 34.1. The molecule has 0 heterocycles. The molecule has 0 aliphatic heterocycles. The summed E-state index contributed by atoms with van der Waals surface area (Å²) in [6, 6.07) is 0. The molecule has 7 heteroatoms. The van der Waals surface area contributed by atoms with Gasteiger partial charge in [0.2, 0.25) is 0 Å². The third-order valence-corrected chi connectivity index (χ3v) is 10.2. The summed E-state index contributed by atoms with van der Waals surface area (Å²) in [5, 5.41) is 10.4. The van der Waals surface area contributed by atoms with Gasteiger partial charge in [-0.1, -0.05) is 194 Å². The van der Waals surface area contributed by atoms with Crippen molar-refractivity contribution < 1.29 is 33.7 Å². The maximum atomic E-state index is 12.6. The van der Waals surface area contributed by atoms with Crippen LogP contribution in [0.3, 0.4) is 0 Å². The molecule has 51 heavy (non-hydrogen) atoms. The SMILES string of the molecule is CCCCCCCCCCCCC(=O)OCC(CO)(COC(=O)CCCCCCCCCCCC)COC(=O)CCCCCCCCCCCC. The van der Waals surface area contributed by atoms with Crippen molar-refractivity contribution in [2.75, 3.05) is 26.4 Å². The average Bonchev–Trinajstić information content (AvgIpc) is 3.13. The second-order valence-electron chi connectivity index (χ2n) is 15.4. The lowest BCUT2D eigenvalue weighted by atomic mass is 9.92. The molecule has 0 saturated carbocycles. The van der Waals surface area contributed by atoms with Crippen LogP contribution in [0.4, 0.5) is 0 Å². The summed E-state index contributed by atoms with van der Waals surface area (Å²) in [4.78, 5) is 37.9. The van der Waals surface area contributed by atoms with Crippen LogP contribution in [0.2, 0.25) is 0 Å². The van der Waals surface area contributed by atoms with Crippen LogP contribution in [0, 0.1) is 5.41 Å². The number of aliphatic hydroxyl groups is 1. The van der Waals surface area contributed by atoms with Crippen LogP contribution in [-0.2, 0) is 28.6 Å². The highest BCUT2D eigenvalue weighted by atomic mass is 16.6. The highest BCUT2D eigenvalue weighted by molar-refractivity contribution is 5.70. The van der Waals surface area contributed by atoms with E-state index in [-0.39, 0.29) is 37.7 Å². The summed E-state index contributed by atoms with van der Waals surface area (Å²) in [5.41, 5.74) is -1.17. The van der Waals surface area contributed by atoms with Crippen molar-refractivity contribution in [2.24, 2.45) is 5.41 Å². The number of esters is 3. The van der Waals surface area contributed by atoms with E-state index in [9.17, 15) is 19.5 Å². The van der Waals surface area contributed by atoms with Gasteiger partial charge in [0.15, 0.2) is 0 Å². The average molecular weight is 725 g/mol. The molecule has 0 aliphatic rings. The number of unbranched alkanes of at least 4 members (excludes halogenated alkanes) is 27. The molecule has 0 fully saturated rings. The number of aliphatic hydroxyl groups excluding tert-OH is 1. The standard InChI is InChI=1S/C44H84O7/c1-4-7-10-13-16-19-22-25-28-31-34-41(46)49-38-44(37-45,39-50-42(47)35-32-29-26-23-20-17-14-11-8-5-2)40-51-43(48)36-33-30-27-24-21-18-15-12-9-6-3/h45H,4-40H2,1-3H3. The molecular formula is C44H84O7. The molecular weight excluding hydrogens is 640 g/mol. The first-order valence-electron chi connectivity index (χ1n) is 22.0. The first-order valence-corrected chi connectivity index (χ1v) is 22.0. The Kier molecular flexibility index (Phi) is 36.9. The Morgan fingerprint density at radius 2 is 0.549 bits per heavy atom. The number of hydrogen-bond donors (Lipinski definition) is 1. The van der Waals surface area contributed by atoms with Crippen molar-refractivity contribution in [3.63, 3.8) is 0 Å². The zero-order chi connectivity index (χ0) is 37.5. The minimum atomic E-state index is -1.17. The Hall–Kier alpha value is -1.63. The first-order chi connectivity index (χ1) is 24.9. The van der Waals surface area contributed by atoms with E-state index in [0.717, 1.165) is 57.8 Å². The largest absolute Gasteiger partial charge is 0.465 e. The monoisotopic (exact) mass is 725 g/mol. The summed E-state index contributed by atoms with van der Waals surface area (Å²) in [5.74, 6) is -0.998. The van der Waals surface area contributed by atoms with Gasteiger partial charge in [-0.3, -0.25) is 14.4 Å². The molecule has 0 aromatic carbocycles. The molecule has 0 amide bonds. The van der Waals surface area contributed by atoms with Crippen molar-refractivity contribution >= 4 is 17.9 Å². The molecule has 0 bridgehead atoms.